The Kier molecular flexibility index (Phi) is 4.39. The molecule has 1 heterocycles. The van der Waals surface area contributed by atoms with Crippen LogP contribution in [0.25, 0.3) is 0 Å². The van der Waals surface area contributed by atoms with Gasteiger partial charge in [0, 0.05) is 6.04 Å². The Morgan fingerprint density at radius 2 is 2.33 bits per heavy atom. The molecule has 0 saturated carbocycles. The average molecular weight is 164 g/mol. The number of hydrogen-bond acceptors (Lipinski definition) is 3. The zero-order valence-electron chi connectivity index (χ0n) is 5.26. The van der Waals surface area contributed by atoms with E-state index in [1.165, 1.54) is 12.8 Å². The van der Waals surface area contributed by atoms with Crippen molar-refractivity contribution >= 4 is 29.0 Å². The van der Waals surface area contributed by atoms with E-state index in [1.807, 2.05) is 0 Å². The van der Waals surface area contributed by atoms with E-state index in [4.69, 9.17) is 12.2 Å². The summed E-state index contributed by atoms with van der Waals surface area (Å²) in [6, 6.07) is 0.410. The summed E-state index contributed by atoms with van der Waals surface area (Å²) < 4.78 is 0.808. The molecule has 0 amide bonds. The van der Waals surface area contributed by atoms with Crippen LogP contribution in [0.5, 0.6) is 0 Å². The van der Waals surface area contributed by atoms with Crippen molar-refractivity contribution in [2.45, 2.75) is 18.9 Å². The summed E-state index contributed by atoms with van der Waals surface area (Å²) in [5.74, 6) is 0. The molecule has 1 fully saturated rings. The maximum absolute atomic E-state index is 4.86. The number of hydrogen-bond donors (Lipinski definition) is 3. The molecule has 0 aromatic rings. The fourth-order valence-corrected chi connectivity index (χ4v) is 1.32. The second-order valence-electron chi connectivity index (χ2n) is 1.99. The van der Waals surface area contributed by atoms with Crippen LogP contribution in [-0.4, -0.2) is 16.8 Å². The molecule has 9 heavy (non-hydrogen) atoms. The second-order valence-corrected chi connectivity index (χ2v) is 3.21. The molecule has 0 aliphatic carbocycles. The van der Waals surface area contributed by atoms with Crippen molar-refractivity contribution in [2.24, 2.45) is 0 Å². The normalized spacial score (nSPS) is 25.2. The van der Waals surface area contributed by atoms with Gasteiger partial charge in [-0.3, -0.25) is 0 Å². The molecule has 0 radical (unpaired) electrons. The van der Waals surface area contributed by atoms with Gasteiger partial charge in [0.1, 0.15) is 0 Å². The minimum atomic E-state index is 0. The lowest BCUT2D eigenvalue weighted by molar-refractivity contribution is 0.778. The lowest BCUT2D eigenvalue weighted by Crippen LogP contribution is -2.25. The van der Waals surface area contributed by atoms with Crippen molar-refractivity contribution in [3.63, 3.8) is 0 Å². The van der Waals surface area contributed by atoms with Crippen LogP contribution in [0.1, 0.15) is 12.8 Å². The van der Waals surface area contributed by atoms with Crippen LogP contribution in [0.15, 0.2) is 0 Å². The van der Waals surface area contributed by atoms with Crippen LogP contribution in [0.4, 0.5) is 0 Å². The highest BCUT2D eigenvalue weighted by molar-refractivity contribution is 8.11. The molecule has 1 atom stereocenters. The molecular formula is C5H12N2S2. The molecule has 2 nitrogen and oxygen atoms in total. The first-order valence-electron chi connectivity index (χ1n) is 2.77. The molecule has 1 saturated heterocycles. The topological polar surface area (TPSA) is 47.0 Å². The quantitative estimate of drug-likeness (QED) is 0.402. The summed E-state index contributed by atoms with van der Waals surface area (Å²) in [5, 5.41) is 3.24. The van der Waals surface area contributed by atoms with E-state index < -0.39 is 0 Å². The zero-order chi connectivity index (χ0) is 5.98. The van der Waals surface area contributed by atoms with Crippen LogP contribution in [-0.2, 0) is 0 Å². The lowest BCUT2D eigenvalue weighted by Gasteiger charge is -2.03. The van der Waals surface area contributed by atoms with Gasteiger partial charge in [0.05, 0.1) is 4.20 Å². The Bertz CT molecular complexity index is 99.1. The third-order valence-electron chi connectivity index (χ3n) is 1.36. The van der Waals surface area contributed by atoms with Gasteiger partial charge in [-0.05, 0) is 19.4 Å². The van der Waals surface area contributed by atoms with Gasteiger partial charge in [-0.25, -0.2) is 0 Å². The summed E-state index contributed by atoms with van der Waals surface area (Å²) in [6.45, 7) is 1.10. The van der Waals surface area contributed by atoms with E-state index in [1.54, 1.807) is 0 Å². The largest absolute Gasteiger partial charge is 0.344 e. The minimum Gasteiger partial charge on any atom is -0.344 e. The van der Waals surface area contributed by atoms with Gasteiger partial charge in [0.25, 0.3) is 0 Å². The molecule has 54 valence electrons. The van der Waals surface area contributed by atoms with Crippen molar-refractivity contribution < 1.29 is 0 Å². The Morgan fingerprint density at radius 3 is 2.56 bits per heavy atom. The smallest absolute Gasteiger partial charge is 0.0618 e. The minimum absolute atomic E-state index is 0. The Morgan fingerprint density at radius 1 is 1.67 bits per heavy atom. The van der Waals surface area contributed by atoms with Gasteiger partial charge in [-0.15, -0.1) is 12.6 Å². The fraction of sp³-hybridized carbons (Fsp3) is 0.800. The predicted molar refractivity (Wildman–Crippen MR) is 47.6 cm³/mol. The molecule has 0 aromatic carbocycles. The Balaban J connectivity index is 0.000000640. The monoisotopic (exact) mass is 164 g/mol. The number of thiocarbonyl (C=S) groups is 1. The van der Waals surface area contributed by atoms with Crippen molar-refractivity contribution in [1.29, 1.82) is 0 Å². The van der Waals surface area contributed by atoms with Crippen molar-refractivity contribution in [1.82, 2.24) is 11.5 Å². The zero-order valence-corrected chi connectivity index (χ0v) is 6.97. The van der Waals surface area contributed by atoms with E-state index in [-0.39, 0.29) is 6.15 Å². The lowest BCUT2D eigenvalue weighted by atomic mass is 10.3. The molecular weight excluding hydrogens is 152 g/mol. The summed E-state index contributed by atoms with van der Waals surface area (Å²) in [4.78, 5) is 0. The number of rotatable bonds is 1. The van der Waals surface area contributed by atoms with Gasteiger partial charge in [0.2, 0.25) is 0 Å². The number of nitrogens with one attached hydrogen (secondary N) is 1. The van der Waals surface area contributed by atoms with Gasteiger partial charge < -0.3 is 11.5 Å². The van der Waals surface area contributed by atoms with Crippen molar-refractivity contribution in [3.05, 3.63) is 0 Å². The Labute approximate surface area is 66.4 Å². The summed E-state index contributed by atoms with van der Waals surface area (Å²) >= 11 is 8.92. The molecule has 0 bridgehead atoms. The van der Waals surface area contributed by atoms with Crippen LogP contribution >= 0.6 is 24.8 Å². The predicted octanol–water partition coefficient (Wildman–Crippen LogP) is 1.16. The maximum atomic E-state index is 4.86. The Hall–Kier alpha value is 0.360. The molecule has 4 N–H and O–H groups in total. The third kappa shape index (κ3) is 2.62. The summed E-state index contributed by atoms with van der Waals surface area (Å²) in [5.41, 5.74) is 0. The average Bonchev–Trinajstić information content (AvgIpc) is 2.12. The number of thiol groups is 1. The van der Waals surface area contributed by atoms with Crippen molar-refractivity contribution in [2.75, 3.05) is 6.54 Å². The first-order valence-corrected chi connectivity index (χ1v) is 3.62. The SMILES string of the molecule is N.S=C(S)[C@@H]1CCCN1. The van der Waals surface area contributed by atoms with Gasteiger partial charge >= 0.3 is 0 Å². The highest BCUT2D eigenvalue weighted by Gasteiger charge is 2.15. The van der Waals surface area contributed by atoms with E-state index in [9.17, 15) is 0 Å². The third-order valence-corrected chi connectivity index (χ3v) is 1.95. The van der Waals surface area contributed by atoms with Gasteiger partial charge in [-0.1, -0.05) is 12.2 Å². The standard InChI is InChI=1S/C5H9NS2.H3N/c7-5(8)4-2-1-3-6-4;/h4,6H,1-3H2,(H,7,8);1H3/t4-;/m0./s1. The molecule has 1 aliphatic rings. The second kappa shape index (κ2) is 4.22. The molecule has 0 unspecified atom stereocenters. The van der Waals surface area contributed by atoms with E-state index in [0.717, 1.165) is 10.7 Å². The maximum Gasteiger partial charge on any atom is 0.0618 e. The summed E-state index contributed by atoms with van der Waals surface area (Å²) in [7, 11) is 0. The highest BCUT2D eigenvalue weighted by atomic mass is 32.1. The van der Waals surface area contributed by atoms with Gasteiger partial charge in [0.15, 0.2) is 0 Å². The van der Waals surface area contributed by atoms with Crippen LogP contribution < -0.4 is 11.5 Å². The van der Waals surface area contributed by atoms with Crippen molar-refractivity contribution in [3.8, 4) is 0 Å². The fourth-order valence-electron chi connectivity index (χ4n) is 0.895. The van der Waals surface area contributed by atoms with Crippen LogP contribution in [0.3, 0.4) is 0 Å². The first kappa shape index (κ1) is 9.36. The van der Waals surface area contributed by atoms with E-state index >= 15 is 0 Å². The summed E-state index contributed by atoms with van der Waals surface area (Å²) in [6.07, 6.45) is 2.41. The molecule has 1 rings (SSSR count). The molecule has 0 aromatic heterocycles. The first-order chi connectivity index (χ1) is 3.80. The van der Waals surface area contributed by atoms with Crippen LogP contribution in [0, 0.1) is 0 Å². The highest BCUT2D eigenvalue weighted by Crippen LogP contribution is 2.08. The van der Waals surface area contributed by atoms with E-state index in [0.29, 0.717) is 6.04 Å². The molecule has 0 spiro atoms. The van der Waals surface area contributed by atoms with E-state index in [2.05, 4.69) is 17.9 Å². The van der Waals surface area contributed by atoms with Crippen LogP contribution in [0.2, 0.25) is 0 Å². The molecule has 4 heteroatoms. The van der Waals surface area contributed by atoms with Gasteiger partial charge in [-0.2, -0.15) is 0 Å². The molecule has 1 aliphatic heterocycles.